The van der Waals surface area contributed by atoms with Crippen LogP contribution in [0.4, 0.5) is 20.8 Å². The minimum atomic E-state index is -0.453. The van der Waals surface area contributed by atoms with Gasteiger partial charge in [0.05, 0.1) is 6.54 Å². The fourth-order valence-electron chi connectivity index (χ4n) is 5.47. The highest BCUT2D eigenvalue weighted by Gasteiger charge is 2.48. The van der Waals surface area contributed by atoms with Crippen LogP contribution in [0.3, 0.4) is 0 Å². The molecule has 2 saturated heterocycles. The molecular weight excluding hydrogens is 463 g/mol. The SMILES string of the molecule is O=C1O[C@]2(CC[C@@H](CNc3ccn(-c4ccccc4F)n3)CC2)CN1c1ccn(C2CCCCO2)n1. The molecule has 1 atom stereocenters. The van der Waals surface area contributed by atoms with Gasteiger partial charge in [0.25, 0.3) is 0 Å². The van der Waals surface area contributed by atoms with Crippen molar-refractivity contribution in [2.45, 2.75) is 56.8 Å². The summed E-state index contributed by atoms with van der Waals surface area (Å²) in [6.07, 6.45) is 9.95. The van der Waals surface area contributed by atoms with Gasteiger partial charge in [-0.3, -0.25) is 4.90 Å². The number of carbonyl (C=O) groups excluding carboxylic acids is 1. The van der Waals surface area contributed by atoms with E-state index in [1.54, 1.807) is 34.0 Å². The summed E-state index contributed by atoms with van der Waals surface area (Å²) >= 11 is 0. The van der Waals surface area contributed by atoms with E-state index >= 15 is 0 Å². The van der Waals surface area contributed by atoms with E-state index in [4.69, 9.17) is 9.47 Å². The fraction of sp³-hybridized carbons (Fsp3) is 0.500. The van der Waals surface area contributed by atoms with E-state index in [1.807, 2.05) is 23.0 Å². The number of hydrogen-bond donors (Lipinski definition) is 1. The number of nitrogens with zero attached hydrogens (tertiary/aromatic N) is 5. The molecule has 1 aromatic carbocycles. The molecule has 3 fully saturated rings. The Hall–Kier alpha value is -3.40. The van der Waals surface area contributed by atoms with Crippen molar-refractivity contribution in [2.24, 2.45) is 5.92 Å². The van der Waals surface area contributed by atoms with Gasteiger partial charge in [-0.05, 0) is 63.0 Å². The summed E-state index contributed by atoms with van der Waals surface area (Å²) in [5.74, 6) is 1.48. The van der Waals surface area contributed by atoms with Crippen molar-refractivity contribution in [1.29, 1.82) is 0 Å². The molecule has 1 spiro atoms. The zero-order valence-corrected chi connectivity index (χ0v) is 20.2. The number of aromatic nitrogens is 4. The molecule has 10 heteroatoms. The van der Waals surface area contributed by atoms with E-state index in [1.165, 1.54) is 6.07 Å². The van der Waals surface area contributed by atoms with Crippen molar-refractivity contribution < 1.29 is 18.7 Å². The first-order valence-electron chi connectivity index (χ1n) is 12.8. The second-order valence-electron chi connectivity index (χ2n) is 10.0. The molecule has 3 aromatic rings. The molecule has 190 valence electrons. The predicted octanol–water partition coefficient (Wildman–Crippen LogP) is 4.90. The second kappa shape index (κ2) is 9.57. The lowest BCUT2D eigenvalue weighted by Gasteiger charge is -2.35. The van der Waals surface area contributed by atoms with E-state index in [0.29, 0.717) is 24.0 Å². The molecule has 6 rings (SSSR count). The van der Waals surface area contributed by atoms with Crippen LogP contribution in [-0.4, -0.2) is 51.0 Å². The van der Waals surface area contributed by atoms with Gasteiger partial charge in [0.1, 0.15) is 29.2 Å². The minimum absolute atomic E-state index is 0.0545. The first-order chi connectivity index (χ1) is 17.6. The van der Waals surface area contributed by atoms with Gasteiger partial charge in [0.2, 0.25) is 0 Å². The van der Waals surface area contributed by atoms with Gasteiger partial charge in [-0.1, -0.05) is 12.1 Å². The molecule has 1 N–H and O–H groups in total. The third kappa shape index (κ3) is 4.57. The number of nitrogens with one attached hydrogen (secondary N) is 1. The molecule has 1 unspecified atom stereocenters. The van der Waals surface area contributed by atoms with Crippen LogP contribution in [0.25, 0.3) is 5.69 Å². The molecule has 1 aliphatic carbocycles. The highest BCUT2D eigenvalue weighted by Crippen LogP contribution is 2.40. The van der Waals surface area contributed by atoms with Gasteiger partial charge in [0, 0.05) is 37.7 Å². The highest BCUT2D eigenvalue weighted by molar-refractivity contribution is 5.89. The van der Waals surface area contributed by atoms with E-state index < -0.39 is 5.60 Å². The van der Waals surface area contributed by atoms with Crippen LogP contribution in [0.2, 0.25) is 0 Å². The van der Waals surface area contributed by atoms with Gasteiger partial charge >= 0.3 is 6.09 Å². The van der Waals surface area contributed by atoms with Gasteiger partial charge in [-0.25, -0.2) is 18.5 Å². The maximum atomic E-state index is 14.0. The van der Waals surface area contributed by atoms with Crippen LogP contribution < -0.4 is 10.2 Å². The van der Waals surface area contributed by atoms with Crippen molar-refractivity contribution in [3.8, 4) is 5.69 Å². The van der Waals surface area contributed by atoms with Crippen LogP contribution in [0.5, 0.6) is 0 Å². The topological polar surface area (TPSA) is 86.4 Å². The Morgan fingerprint density at radius 3 is 2.72 bits per heavy atom. The summed E-state index contributed by atoms with van der Waals surface area (Å²) in [6.45, 7) is 2.05. The maximum absolute atomic E-state index is 14.0. The number of amides is 1. The normalized spacial score (nSPS) is 26.4. The zero-order chi connectivity index (χ0) is 24.5. The van der Waals surface area contributed by atoms with Crippen LogP contribution in [0.1, 0.15) is 51.2 Å². The van der Waals surface area contributed by atoms with Gasteiger partial charge in [-0.2, -0.15) is 10.2 Å². The average Bonchev–Trinajstić information content (AvgIpc) is 3.64. The van der Waals surface area contributed by atoms with Gasteiger partial charge in [0.15, 0.2) is 5.82 Å². The number of anilines is 2. The number of carbonyl (C=O) groups is 1. The van der Waals surface area contributed by atoms with E-state index in [0.717, 1.165) is 63.9 Å². The fourth-order valence-corrected chi connectivity index (χ4v) is 5.47. The molecule has 1 amide bonds. The monoisotopic (exact) mass is 494 g/mol. The molecule has 2 aromatic heterocycles. The predicted molar refractivity (Wildman–Crippen MR) is 132 cm³/mol. The first-order valence-corrected chi connectivity index (χ1v) is 12.8. The first kappa shape index (κ1) is 23.0. The van der Waals surface area contributed by atoms with E-state index in [-0.39, 0.29) is 18.1 Å². The number of para-hydroxylation sites is 1. The largest absolute Gasteiger partial charge is 0.441 e. The standard InChI is InChI=1S/C26H31FN6O3/c27-20-5-1-2-6-21(20)32-14-10-22(29-32)28-17-19-8-12-26(13-9-19)18-31(25(34)36-26)23-11-15-33(30-23)24-7-3-4-16-35-24/h1-2,5-6,10-11,14-15,19,24H,3-4,7-9,12-13,16-18H2,(H,28,29)/t19-,24?,26+. The Morgan fingerprint density at radius 1 is 1.06 bits per heavy atom. The Balaban J connectivity index is 1.02. The lowest BCUT2D eigenvalue weighted by Crippen LogP contribution is -2.39. The van der Waals surface area contributed by atoms with E-state index in [9.17, 15) is 9.18 Å². The smallest absolute Gasteiger partial charge is 0.416 e. The summed E-state index contributed by atoms with van der Waals surface area (Å²) in [7, 11) is 0. The summed E-state index contributed by atoms with van der Waals surface area (Å²) in [5, 5.41) is 12.5. The third-order valence-corrected chi connectivity index (χ3v) is 7.57. The van der Waals surface area contributed by atoms with Crippen LogP contribution in [0.15, 0.2) is 48.8 Å². The van der Waals surface area contributed by atoms with Crippen molar-refractivity contribution in [2.75, 3.05) is 29.9 Å². The Morgan fingerprint density at radius 2 is 1.92 bits per heavy atom. The number of hydrogen-bond acceptors (Lipinski definition) is 6. The summed E-state index contributed by atoms with van der Waals surface area (Å²) < 4.78 is 29.1. The minimum Gasteiger partial charge on any atom is -0.441 e. The number of ether oxygens (including phenoxy) is 2. The summed E-state index contributed by atoms with van der Waals surface area (Å²) in [6, 6.07) is 10.3. The third-order valence-electron chi connectivity index (χ3n) is 7.57. The highest BCUT2D eigenvalue weighted by atomic mass is 19.1. The average molecular weight is 495 g/mol. The molecule has 9 nitrogen and oxygen atoms in total. The number of halogens is 1. The molecular formula is C26H31FN6O3. The van der Waals surface area contributed by atoms with Gasteiger partial charge < -0.3 is 14.8 Å². The Kier molecular flexibility index (Phi) is 6.12. The number of rotatable bonds is 6. The van der Waals surface area contributed by atoms with Crippen LogP contribution >= 0.6 is 0 Å². The second-order valence-corrected chi connectivity index (χ2v) is 10.0. The lowest BCUT2D eigenvalue weighted by atomic mass is 9.78. The molecule has 4 heterocycles. The quantitative estimate of drug-likeness (QED) is 0.524. The van der Waals surface area contributed by atoms with Crippen LogP contribution in [0, 0.1) is 11.7 Å². The molecule has 2 aliphatic heterocycles. The zero-order valence-electron chi connectivity index (χ0n) is 20.2. The van der Waals surface area contributed by atoms with E-state index in [2.05, 4.69) is 15.5 Å². The van der Waals surface area contributed by atoms with Crippen LogP contribution in [-0.2, 0) is 9.47 Å². The van der Waals surface area contributed by atoms with Crippen molar-refractivity contribution in [3.05, 3.63) is 54.6 Å². The maximum Gasteiger partial charge on any atom is 0.416 e. The van der Waals surface area contributed by atoms with Crippen molar-refractivity contribution in [3.63, 3.8) is 0 Å². The summed E-state index contributed by atoms with van der Waals surface area (Å²) in [5.41, 5.74) is -0.0284. The molecule has 0 bridgehead atoms. The lowest BCUT2D eigenvalue weighted by molar-refractivity contribution is -0.0393. The number of benzene rings is 1. The molecule has 0 radical (unpaired) electrons. The van der Waals surface area contributed by atoms with Crippen molar-refractivity contribution in [1.82, 2.24) is 19.6 Å². The molecule has 3 aliphatic rings. The van der Waals surface area contributed by atoms with Crippen molar-refractivity contribution >= 4 is 17.7 Å². The Bertz CT molecular complexity index is 1210. The molecule has 36 heavy (non-hydrogen) atoms. The Labute approximate surface area is 209 Å². The summed E-state index contributed by atoms with van der Waals surface area (Å²) in [4.78, 5) is 14.4. The van der Waals surface area contributed by atoms with Gasteiger partial charge in [-0.15, -0.1) is 0 Å². The molecule has 1 saturated carbocycles.